The molecule has 1 aromatic heterocycles. The van der Waals surface area contributed by atoms with Crippen molar-refractivity contribution in [2.45, 2.75) is 6.92 Å². The summed E-state index contributed by atoms with van der Waals surface area (Å²) >= 11 is 0. The second kappa shape index (κ2) is 10.5. The number of aryl methyl sites for hydroxylation is 1. The smallest absolute Gasteiger partial charge is 0.305 e. The summed E-state index contributed by atoms with van der Waals surface area (Å²) in [6, 6.07) is 17.8. The number of benzene rings is 1. The first-order valence-corrected chi connectivity index (χ1v) is 7.70. The van der Waals surface area contributed by atoms with E-state index >= 15 is 0 Å². The summed E-state index contributed by atoms with van der Waals surface area (Å²) < 4.78 is 20.5. The third kappa shape index (κ3) is 8.10. The Morgan fingerprint density at radius 2 is 1.78 bits per heavy atom. The number of sulfone groups is 1. The number of rotatable bonds is 3. The first-order chi connectivity index (χ1) is 10.5. The molecule has 0 aliphatic rings. The minimum atomic E-state index is -3.65. The van der Waals surface area contributed by atoms with Crippen LogP contribution in [0.2, 0.25) is 0 Å². The van der Waals surface area contributed by atoms with Crippen molar-refractivity contribution in [2.24, 2.45) is 0 Å². The second-order valence-electron chi connectivity index (χ2n) is 4.08. The maximum Gasteiger partial charge on any atom is 3.00 e. The van der Waals surface area contributed by atoms with Crippen LogP contribution in [0, 0.1) is 47.2 Å². The van der Waals surface area contributed by atoms with Gasteiger partial charge in [0.05, 0.1) is 0 Å². The molecule has 2 aromatic rings. The van der Waals surface area contributed by atoms with Crippen LogP contribution in [-0.4, -0.2) is 13.4 Å². The molecule has 0 N–H and O–H groups in total. The third-order valence-electron chi connectivity index (χ3n) is 2.34. The zero-order valence-electron chi connectivity index (χ0n) is 12.1. The number of nitrogens with zero attached hydrogens (tertiary/aromatic N) is 3. The van der Waals surface area contributed by atoms with Crippen LogP contribution in [0.5, 0.6) is 0 Å². The van der Waals surface area contributed by atoms with Gasteiger partial charge in [-0.25, -0.2) is 22.0 Å². The van der Waals surface area contributed by atoms with E-state index in [1.807, 2.05) is 30.3 Å². The summed E-state index contributed by atoms with van der Waals surface area (Å²) in [6.07, 6.45) is 1.79. The van der Waals surface area contributed by atoms with Crippen molar-refractivity contribution in [3.63, 3.8) is 0 Å². The number of aromatic nitrogens is 1. The quantitative estimate of drug-likeness (QED) is 0.471. The molecular formula is C16H12AuN3O2S. The molecule has 0 spiro atoms. The molecule has 0 saturated carbocycles. The summed E-state index contributed by atoms with van der Waals surface area (Å²) in [7, 11) is -3.65. The van der Waals surface area contributed by atoms with E-state index in [0.717, 1.165) is 11.3 Å². The van der Waals surface area contributed by atoms with Gasteiger partial charge in [0.2, 0.25) is 0 Å². The first kappa shape index (κ1) is 20.8. The van der Waals surface area contributed by atoms with Crippen LogP contribution in [0.3, 0.4) is 0 Å². The zero-order valence-corrected chi connectivity index (χ0v) is 15.0. The van der Waals surface area contributed by atoms with Crippen molar-refractivity contribution in [3.05, 3.63) is 65.7 Å². The Labute approximate surface area is 152 Å². The fourth-order valence-corrected chi connectivity index (χ4v) is 1.73. The molecule has 0 fully saturated rings. The Balaban J connectivity index is 0.000000434. The summed E-state index contributed by atoms with van der Waals surface area (Å²) in [4.78, 5) is 4.25. The Morgan fingerprint density at radius 3 is 2.22 bits per heavy atom. The molecule has 5 nitrogen and oxygen atoms in total. The van der Waals surface area contributed by atoms with Gasteiger partial charge in [0.15, 0.2) is 0 Å². The molecule has 1 heterocycles. The summed E-state index contributed by atoms with van der Waals surface area (Å²) in [5.41, 5.74) is 3.24. The molecule has 23 heavy (non-hydrogen) atoms. The van der Waals surface area contributed by atoms with E-state index in [1.54, 1.807) is 6.20 Å². The van der Waals surface area contributed by atoms with Gasteiger partial charge in [-0.15, -0.1) is 35.4 Å². The summed E-state index contributed by atoms with van der Waals surface area (Å²) in [6.45, 7) is 2.05. The number of nitriles is 2. The maximum atomic E-state index is 10.3. The Kier molecular flexibility index (Phi) is 9.48. The largest absolute Gasteiger partial charge is 3.00 e. The molecule has 120 valence electrons. The molecule has 2 rings (SSSR count). The Hall–Kier alpha value is -2.22. The average Bonchev–Trinajstić information content (AvgIpc) is 2.49. The van der Waals surface area contributed by atoms with Crippen LogP contribution in [0.15, 0.2) is 42.6 Å². The summed E-state index contributed by atoms with van der Waals surface area (Å²) in [5.74, 6) is 0.798. The van der Waals surface area contributed by atoms with Gasteiger partial charge < -0.3 is 4.98 Å². The van der Waals surface area contributed by atoms with Crippen LogP contribution >= 0.6 is 0 Å². The van der Waals surface area contributed by atoms with Gasteiger partial charge in [-0.1, -0.05) is 41.0 Å². The van der Waals surface area contributed by atoms with Crippen molar-refractivity contribution in [3.8, 4) is 23.4 Å². The topological polar surface area (TPSA) is 94.6 Å². The van der Waals surface area contributed by atoms with Gasteiger partial charge in [-0.2, -0.15) is 0 Å². The van der Waals surface area contributed by atoms with Crippen molar-refractivity contribution < 1.29 is 30.8 Å². The van der Waals surface area contributed by atoms with E-state index in [9.17, 15) is 8.42 Å². The molecule has 0 aliphatic carbocycles. The van der Waals surface area contributed by atoms with Crippen molar-refractivity contribution in [1.82, 2.24) is 4.98 Å². The van der Waals surface area contributed by atoms with Gasteiger partial charge in [0, 0.05) is 6.20 Å². The molecule has 1 aromatic carbocycles. The Bertz CT molecular complexity index is 755. The fraction of sp³-hybridized carbons (Fsp3) is 0.0625. The summed E-state index contributed by atoms with van der Waals surface area (Å²) in [5, 5.41) is 15.6. The van der Waals surface area contributed by atoms with Gasteiger partial charge in [0.25, 0.3) is 0 Å². The number of hydrogen-bond donors (Lipinski definition) is 0. The standard InChI is InChI=1S/C12H10N.C4H2N2O2S.Au/c1-10-5-7-11(8-6-10)12-4-2-3-9-13-12;5-1-3-9(7,8)4-2-6;/h2-7,9H,1H3;3-4H;/q-1;-2;+3. The molecule has 0 amide bonds. The zero-order chi connectivity index (χ0) is 16.4. The van der Waals surface area contributed by atoms with Crippen LogP contribution in [0.25, 0.3) is 11.3 Å². The fourth-order valence-electron chi connectivity index (χ4n) is 1.36. The van der Waals surface area contributed by atoms with Gasteiger partial charge >= 0.3 is 22.4 Å². The molecule has 0 atom stereocenters. The minimum absolute atomic E-state index is 0. The predicted molar refractivity (Wildman–Crippen MR) is 82.0 cm³/mol. The van der Waals surface area contributed by atoms with Crippen molar-refractivity contribution in [2.75, 3.05) is 0 Å². The van der Waals surface area contributed by atoms with E-state index in [1.165, 1.54) is 17.7 Å². The van der Waals surface area contributed by atoms with Crippen LogP contribution in [-0.2, 0) is 32.2 Å². The van der Waals surface area contributed by atoms with Crippen LogP contribution in [0.1, 0.15) is 5.56 Å². The van der Waals surface area contributed by atoms with Crippen LogP contribution < -0.4 is 0 Å². The molecule has 0 saturated heterocycles. The van der Waals surface area contributed by atoms with E-state index in [-0.39, 0.29) is 22.4 Å². The van der Waals surface area contributed by atoms with E-state index in [0.29, 0.717) is 11.5 Å². The first-order valence-electron chi connectivity index (χ1n) is 6.09. The average molecular weight is 507 g/mol. The van der Waals surface area contributed by atoms with E-state index in [4.69, 9.17) is 10.5 Å². The van der Waals surface area contributed by atoms with Gasteiger partial charge in [-0.05, 0) is 11.8 Å². The van der Waals surface area contributed by atoms with Crippen molar-refractivity contribution in [1.29, 1.82) is 10.5 Å². The van der Waals surface area contributed by atoms with Crippen LogP contribution in [0.4, 0.5) is 0 Å². The van der Waals surface area contributed by atoms with E-state index < -0.39 is 9.84 Å². The monoisotopic (exact) mass is 507 g/mol. The second-order valence-corrected chi connectivity index (χ2v) is 5.73. The predicted octanol–water partition coefficient (Wildman–Crippen LogP) is 2.63. The third-order valence-corrected chi connectivity index (χ3v) is 3.21. The van der Waals surface area contributed by atoms with Gasteiger partial charge in [0.1, 0.15) is 0 Å². The number of hydrogen-bond acceptors (Lipinski definition) is 5. The molecular weight excluding hydrogens is 495 g/mol. The van der Waals surface area contributed by atoms with Crippen molar-refractivity contribution >= 4 is 9.84 Å². The molecule has 0 aliphatic heterocycles. The number of pyridine rings is 1. The van der Waals surface area contributed by atoms with E-state index in [2.05, 4.69) is 24.0 Å². The SMILES string of the molecule is Cc1c[c-]c(-c2ccccn2)cc1.N#C[CH-]S(=O)(=O)[CH-]C#N.[Au+3]. The molecule has 7 heteroatoms. The van der Waals surface area contributed by atoms with Gasteiger partial charge in [-0.3, -0.25) is 8.42 Å². The minimum Gasteiger partial charge on any atom is -0.305 e. The Morgan fingerprint density at radius 1 is 1.13 bits per heavy atom. The molecule has 0 bridgehead atoms. The molecule has 0 radical (unpaired) electrons. The molecule has 0 unspecified atom stereocenters. The normalized spacial score (nSPS) is 9.00. The maximum absolute atomic E-state index is 10.3.